The number of benzene rings is 1. The molecule has 2 rings (SSSR count). The molecular weight excluding hydrogens is 335 g/mol. The molecule has 0 spiro atoms. The maximum Gasteiger partial charge on any atom is 0.260 e. The first-order chi connectivity index (χ1) is 10.8. The van der Waals surface area contributed by atoms with E-state index in [1.807, 2.05) is 0 Å². The minimum atomic E-state index is -0.590. The number of amides is 1. The van der Waals surface area contributed by atoms with Gasteiger partial charge in [-0.25, -0.2) is 0 Å². The normalized spacial score (nSPS) is 18.0. The maximum absolute atomic E-state index is 12.3. The lowest BCUT2D eigenvalue weighted by atomic mass is 9.96. The zero-order chi connectivity index (χ0) is 17.0. The van der Waals surface area contributed by atoms with Crippen LogP contribution in [0.15, 0.2) is 18.2 Å². The van der Waals surface area contributed by atoms with Crippen molar-refractivity contribution in [3.63, 3.8) is 0 Å². The van der Waals surface area contributed by atoms with Gasteiger partial charge in [0.25, 0.3) is 5.91 Å². The Kier molecular flexibility index (Phi) is 6.18. The Labute approximate surface area is 148 Å². The highest BCUT2D eigenvalue weighted by Gasteiger charge is 2.36. The van der Waals surface area contributed by atoms with Gasteiger partial charge < -0.3 is 15.0 Å². The van der Waals surface area contributed by atoms with Crippen LogP contribution in [0.2, 0.25) is 10.0 Å². The van der Waals surface area contributed by atoms with E-state index in [0.29, 0.717) is 22.3 Å². The van der Waals surface area contributed by atoms with Crippen LogP contribution in [0.25, 0.3) is 0 Å². The maximum atomic E-state index is 12.3. The van der Waals surface area contributed by atoms with Crippen LogP contribution in [0.5, 0.6) is 5.75 Å². The third-order valence-corrected chi connectivity index (χ3v) is 5.39. The first kappa shape index (κ1) is 18.4. The predicted octanol–water partition coefficient (Wildman–Crippen LogP) is 3.75. The number of carbonyl (C=O) groups excluding carboxylic acids is 1. The minimum absolute atomic E-state index is 0.0684. The largest absolute Gasteiger partial charge is 0.481 e. The third kappa shape index (κ3) is 4.52. The lowest BCUT2D eigenvalue weighted by Crippen LogP contribution is -2.52. The topological polar surface area (TPSA) is 41.6 Å². The van der Waals surface area contributed by atoms with E-state index < -0.39 is 6.10 Å². The van der Waals surface area contributed by atoms with Crippen LogP contribution in [0, 0.1) is 0 Å². The molecule has 1 N–H and O–H groups in total. The molecule has 0 heterocycles. The van der Waals surface area contributed by atoms with E-state index in [1.54, 1.807) is 25.1 Å². The van der Waals surface area contributed by atoms with Crippen molar-refractivity contribution in [2.75, 3.05) is 20.6 Å². The van der Waals surface area contributed by atoms with E-state index in [-0.39, 0.29) is 11.4 Å². The standard InChI is InChI=1S/C17H24Cl2N2O2/c1-12(23-13-6-7-14(18)15(19)10-13)16(22)20-11-17(21(2)3)8-4-5-9-17/h6-7,10,12H,4-5,8-9,11H2,1-3H3,(H,20,22). The molecule has 1 atom stereocenters. The summed E-state index contributed by atoms with van der Waals surface area (Å²) < 4.78 is 5.65. The number of hydrogen-bond acceptors (Lipinski definition) is 3. The second-order valence-corrected chi connectivity index (χ2v) is 7.19. The van der Waals surface area contributed by atoms with Crippen molar-refractivity contribution in [3.8, 4) is 5.75 Å². The van der Waals surface area contributed by atoms with E-state index in [4.69, 9.17) is 27.9 Å². The molecule has 1 saturated carbocycles. The molecule has 4 nitrogen and oxygen atoms in total. The molecule has 1 aliphatic carbocycles. The number of nitrogens with zero attached hydrogens (tertiary/aromatic N) is 1. The average molecular weight is 359 g/mol. The van der Waals surface area contributed by atoms with Gasteiger partial charge in [0.1, 0.15) is 5.75 Å². The molecule has 0 saturated heterocycles. The molecule has 128 valence electrons. The molecule has 1 amide bonds. The summed E-state index contributed by atoms with van der Waals surface area (Å²) >= 11 is 11.8. The molecule has 1 aromatic rings. The molecular formula is C17H24Cl2N2O2. The van der Waals surface area contributed by atoms with Crippen LogP contribution in [-0.2, 0) is 4.79 Å². The van der Waals surface area contributed by atoms with Crippen molar-refractivity contribution < 1.29 is 9.53 Å². The van der Waals surface area contributed by atoms with Crippen LogP contribution >= 0.6 is 23.2 Å². The van der Waals surface area contributed by atoms with E-state index in [1.165, 1.54) is 12.8 Å². The molecule has 0 bridgehead atoms. The van der Waals surface area contributed by atoms with Crippen LogP contribution in [0.4, 0.5) is 0 Å². The van der Waals surface area contributed by atoms with Crippen molar-refractivity contribution in [2.24, 2.45) is 0 Å². The van der Waals surface area contributed by atoms with Gasteiger partial charge in [-0.15, -0.1) is 0 Å². The zero-order valence-corrected chi connectivity index (χ0v) is 15.4. The first-order valence-electron chi connectivity index (χ1n) is 7.91. The van der Waals surface area contributed by atoms with Gasteiger partial charge in [0.2, 0.25) is 0 Å². The van der Waals surface area contributed by atoms with Crippen LogP contribution in [0.1, 0.15) is 32.6 Å². The summed E-state index contributed by atoms with van der Waals surface area (Å²) in [6.07, 6.45) is 4.06. The number of halogens is 2. The monoisotopic (exact) mass is 358 g/mol. The van der Waals surface area contributed by atoms with E-state index in [2.05, 4.69) is 24.3 Å². The summed E-state index contributed by atoms with van der Waals surface area (Å²) in [5.41, 5.74) is 0.0684. The van der Waals surface area contributed by atoms with Gasteiger partial charge in [0.05, 0.1) is 10.0 Å². The fourth-order valence-corrected chi connectivity index (χ4v) is 3.31. The summed E-state index contributed by atoms with van der Waals surface area (Å²) in [4.78, 5) is 14.5. The Morgan fingerprint density at radius 3 is 2.52 bits per heavy atom. The SMILES string of the molecule is CC(Oc1ccc(Cl)c(Cl)c1)C(=O)NCC1(N(C)C)CCCC1. The highest BCUT2D eigenvalue weighted by atomic mass is 35.5. The number of nitrogens with one attached hydrogen (secondary N) is 1. The molecule has 0 aliphatic heterocycles. The smallest absolute Gasteiger partial charge is 0.260 e. The molecule has 1 aliphatic rings. The lowest BCUT2D eigenvalue weighted by Gasteiger charge is -2.36. The van der Waals surface area contributed by atoms with E-state index >= 15 is 0 Å². The molecule has 1 unspecified atom stereocenters. The van der Waals surface area contributed by atoms with Gasteiger partial charge in [0.15, 0.2) is 6.10 Å². The second-order valence-electron chi connectivity index (χ2n) is 6.38. The summed E-state index contributed by atoms with van der Waals surface area (Å²) in [5, 5.41) is 3.90. The summed E-state index contributed by atoms with van der Waals surface area (Å²) in [6, 6.07) is 4.98. The Hall–Kier alpha value is -0.970. The number of hydrogen-bond donors (Lipinski definition) is 1. The van der Waals surface area contributed by atoms with Gasteiger partial charge in [0, 0.05) is 18.2 Å². The fourth-order valence-electron chi connectivity index (χ4n) is 3.02. The van der Waals surface area contributed by atoms with Gasteiger partial charge in [-0.2, -0.15) is 0 Å². The molecule has 1 fully saturated rings. The Morgan fingerprint density at radius 1 is 1.30 bits per heavy atom. The molecule has 0 aromatic heterocycles. The van der Waals surface area contributed by atoms with Gasteiger partial charge in [-0.1, -0.05) is 36.0 Å². The number of rotatable bonds is 6. The molecule has 6 heteroatoms. The van der Waals surface area contributed by atoms with Crippen molar-refractivity contribution in [2.45, 2.75) is 44.2 Å². The van der Waals surface area contributed by atoms with E-state index in [9.17, 15) is 4.79 Å². The molecule has 0 radical (unpaired) electrons. The van der Waals surface area contributed by atoms with Gasteiger partial charge in [-0.05, 0) is 46.0 Å². The van der Waals surface area contributed by atoms with Crippen molar-refractivity contribution in [1.82, 2.24) is 10.2 Å². The van der Waals surface area contributed by atoms with Crippen LogP contribution < -0.4 is 10.1 Å². The van der Waals surface area contributed by atoms with Crippen LogP contribution in [-0.4, -0.2) is 43.1 Å². The minimum Gasteiger partial charge on any atom is -0.481 e. The van der Waals surface area contributed by atoms with Crippen LogP contribution in [0.3, 0.4) is 0 Å². The zero-order valence-electron chi connectivity index (χ0n) is 13.9. The Morgan fingerprint density at radius 2 is 1.96 bits per heavy atom. The summed E-state index contributed by atoms with van der Waals surface area (Å²) in [5.74, 6) is 0.412. The molecule has 23 heavy (non-hydrogen) atoms. The summed E-state index contributed by atoms with van der Waals surface area (Å²) in [6.45, 7) is 2.38. The first-order valence-corrected chi connectivity index (χ1v) is 8.66. The second kappa shape index (κ2) is 7.73. The third-order valence-electron chi connectivity index (χ3n) is 4.65. The van der Waals surface area contributed by atoms with E-state index in [0.717, 1.165) is 12.8 Å². The Balaban J connectivity index is 1.90. The number of carbonyl (C=O) groups is 1. The molecule has 1 aromatic carbocycles. The highest BCUT2D eigenvalue weighted by molar-refractivity contribution is 6.42. The van der Waals surface area contributed by atoms with Crippen molar-refractivity contribution in [3.05, 3.63) is 28.2 Å². The Bertz CT molecular complexity index is 558. The van der Waals surface area contributed by atoms with Gasteiger partial charge in [-0.3, -0.25) is 4.79 Å². The average Bonchev–Trinajstić information content (AvgIpc) is 2.99. The summed E-state index contributed by atoms with van der Waals surface area (Å²) in [7, 11) is 4.15. The van der Waals surface area contributed by atoms with Gasteiger partial charge >= 0.3 is 0 Å². The number of likely N-dealkylation sites (N-methyl/N-ethyl adjacent to an activating group) is 1. The highest BCUT2D eigenvalue weighted by Crippen LogP contribution is 2.33. The van der Waals surface area contributed by atoms with Crippen molar-refractivity contribution >= 4 is 29.1 Å². The lowest BCUT2D eigenvalue weighted by molar-refractivity contribution is -0.127. The fraction of sp³-hybridized carbons (Fsp3) is 0.588. The van der Waals surface area contributed by atoms with Crippen molar-refractivity contribution in [1.29, 1.82) is 0 Å². The quantitative estimate of drug-likeness (QED) is 0.841. The predicted molar refractivity (Wildman–Crippen MR) is 94.4 cm³/mol. The number of ether oxygens (including phenoxy) is 1.